The summed E-state index contributed by atoms with van der Waals surface area (Å²) in [6.45, 7) is 6.92. The Bertz CT molecular complexity index is 489. The number of thiophene rings is 1. The quantitative estimate of drug-likeness (QED) is 0.256. The van der Waals surface area contributed by atoms with Gasteiger partial charge in [0, 0.05) is 30.9 Å². The smallest absolute Gasteiger partial charge is 0.305 e. The van der Waals surface area contributed by atoms with Crippen LogP contribution in [0.5, 0.6) is 0 Å². The second kappa shape index (κ2) is 13.7. The molecule has 1 unspecified atom stereocenters. The summed E-state index contributed by atoms with van der Waals surface area (Å²) >= 11 is 1.81. The lowest BCUT2D eigenvalue weighted by Crippen LogP contribution is -2.38. The Labute approximate surface area is 156 Å². The van der Waals surface area contributed by atoms with Crippen molar-refractivity contribution >= 4 is 23.3 Å². The molecule has 1 atom stereocenters. The molecular formula is C19H33N3O2S. The van der Waals surface area contributed by atoms with E-state index in [0.29, 0.717) is 12.3 Å². The first-order valence-electron chi connectivity index (χ1n) is 9.27. The molecule has 5 nitrogen and oxygen atoms in total. The largest absolute Gasteiger partial charge is 0.469 e. The SMILES string of the molecule is CCNC(=NCC(C)Cc1cccs1)NCCCCCCC(=O)OC. The third kappa shape index (κ3) is 10.8. The van der Waals surface area contributed by atoms with E-state index >= 15 is 0 Å². The van der Waals surface area contributed by atoms with Crippen molar-refractivity contribution in [2.24, 2.45) is 10.9 Å². The average molecular weight is 368 g/mol. The van der Waals surface area contributed by atoms with E-state index in [1.54, 1.807) is 0 Å². The lowest BCUT2D eigenvalue weighted by Gasteiger charge is -2.13. The van der Waals surface area contributed by atoms with Crippen molar-refractivity contribution in [3.63, 3.8) is 0 Å². The van der Waals surface area contributed by atoms with Crippen LogP contribution in [0.1, 0.15) is 50.8 Å². The number of esters is 1. The van der Waals surface area contributed by atoms with E-state index in [9.17, 15) is 4.79 Å². The standard InChI is InChI=1S/C19H33N3O2S/c1-4-20-19(21-12-8-6-5-7-11-18(23)24-3)22-15-16(2)14-17-10-9-13-25-17/h9-10,13,16H,4-8,11-12,14-15H2,1-3H3,(H2,20,21,22). The molecule has 1 rings (SSSR count). The third-order valence-electron chi connectivity index (χ3n) is 3.86. The maximum Gasteiger partial charge on any atom is 0.305 e. The van der Waals surface area contributed by atoms with Crippen molar-refractivity contribution in [2.75, 3.05) is 26.7 Å². The number of guanidine groups is 1. The maximum atomic E-state index is 11.0. The molecular weight excluding hydrogens is 334 g/mol. The minimum absolute atomic E-state index is 0.114. The fourth-order valence-corrected chi connectivity index (χ4v) is 3.35. The predicted octanol–water partition coefficient (Wildman–Crippen LogP) is 3.61. The molecule has 0 aliphatic heterocycles. The van der Waals surface area contributed by atoms with Crippen molar-refractivity contribution in [1.29, 1.82) is 0 Å². The fourth-order valence-electron chi connectivity index (χ4n) is 2.48. The van der Waals surface area contributed by atoms with Crippen molar-refractivity contribution < 1.29 is 9.53 Å². The Balaban J connectivity index is 2.18. The Kier molecular flexibility index (Phi) is 11.8. The van der Waals surface area contributed by atoms with E-state index < -0.39 is 0 Å². The fraction of sp³-hybridized carbons (Fsp3) is 0.684. The number of aliphatic imine (C=N–C) groups is 1. The molecule has 0 radical (unpaired) electrons. The molecule has 0 saturated carbocycles. The van der Waals surface area contributed by atoms with Crippen LogP contribution in [0.25, 0.3) is 0 Å². The van der Waals surface area contributed by atoms with E-state index in [1.165, 1.54) is 12.0 Å². The van der Waals surface area contributed by atoms with Crippen molar-refractivity contribution in [3.8, 4) is 0 Å². The number of hydrogen-bond donors (Lipinski definition) is 2. The molecule has 1 aromatic heterocycles. The van der Waals surface area contributed by atoms with Crippen LogP contribution in [0.3, 0.4) is 0 Å². The lowest BCUT2D eigenvalue weighted by atomic mass is 10.1. The maximum absolute atomic E-state index is 11.0. The third-order valence-corrected chi connectivity index (χ3v) is 4.76. The van der Waals surface area contributed by atoms with Crippen LogP contribution in [0, 0.1) is 5.92 Å². The van der Waals surface area contributed by atoms with Gasteiger partial charge in [0.05, 0.1) is 7.11 Å². The summed E-state index contributed by atoms with van der Waals surface area (Å²) in [5, 5.41) is 8.82. The Morgan fingerprint density at radius 3 is 2.76 bits per heavy atom. The number of rotatable bonds is 12. The summed E-state index contributed by atoms with van der Waals surface area (Å²) in [5.41, 5.74) is 0. The first-order chi connectivity index (χ1) is 12.2. The van der Waals surface area contributed by atoms with Gasteiger partial charge in [-0.1, -0.05) is 25.8 Å². The molecule has 0 amide bonds. The Hall–Kier alpha value is -1.56. The molecule has 0 aromatic carbocycles. The van der Waals surface area contributed by atoms with E-state index in [0.717, 1.165) is 57.7 Å². The highest BCUT2D eigenvalue weighted by Gasteiger charge is 2.05. The summed E-state index contributed by atoms with van der Waals surface area (Å²) in [6, 6.07) is 4.29. The van der Waals surface area contributed by atoms with Crippen LogP contribution in [0.15, 0.2) is 22.5 Å². The topological polar surface area (TPSA) is 62.7 Å². The van der Waals surface area contributed by atoms with Gasteiger partial charge in [-0.15, -0.1) is 11.3 Å². The molecule has 0 spiro atoms. The van der Waals surface area contributed by atoms with Gasteiger partial charge in [0.15, 0.2) is 5.96 Å². The molecule has 142 valence electrons. The van der Waals surface area contributed by atoms with Crippen molar-refractivity contribution in [2.45, 2.75) is 52.4 Å². The number of nitrogens with zero attached hydrogens (tertiary/aromatic N) is 1. The Morgan fingerprint density at radius 1 is 1.28 bits per heavy atom. The number of hydrogen-bond acceptors (Lipinski definition) is 4. The number of nitrogens with one attached hydrogen (secondary N) is 2. The molecule has 0 fully saturated rings. The van der Waals surface area contributed by atoms with Gasteiger partial charge in [0.25, 0.3) is 0 Å². The number of unbranched alkanes of at least 4 members (excludes halogenated alkanes) is 3. The molecule has 0 bridgehead atoms. The summed E-state index contributed by atoms with van der Waals surface area (Å²) in [5.74, 6) is 1.32. The second-order valence-electron chi connectivity index (χ2n) is 6.28. The van der Waals surface area contributed by atoms with Crippen LogP contribution in [0.4, 0.5) is 0 Å². The first kappa shape index (κ1) is 21.5. The molecule has 25 heavy (non-hydrogen) atoms. The molecule has 0 aliphatic rings. The molecule has 0 aliphatic carbocycles. The van der Waals surface area contributed by atoms with Crippen LogP contribution in [-0.4, -0.2) is 38.7 Å². The van der Waals surface area contributed by atoms with Gasteiger partial charge >= 0.3 is 5.97 Å². The van der Waals surface area contributed by atoms with E-state index in [1.807, 2.05) is 11.3 Å². The lowest BCUT2D eigenvalue weighted by molar-refractivity contribution is -0.140. The minimum Gasteiger partial charge on any atom is -0.469 e. The zero-order valence-electron chi connectivity index (χ0n) is 15.8. The van der Waals surface area contributed by atoms with Crippen LogP contribution in [0.2, 0.25) is 0 Å². The molecule has 2 N–H and O–H groups in total. The summed E-state index contributed by atoms with van der Waals surface area (Å²) < 4.78 is 4.64. The van der Waals surface area contributed by atoms with Crippen LogP contribution in [-0.2, 0) is 16.0 Å². The normalized spacial score (nSPS) is 12.7. The summed E-state index contributed by atoms with van der Waals surface area (Å²) in [6.07, 6.45) is 5.76. The second-order valence-corrected chi connectivity index (χ2v) is 7.31. The van der Waals surface area contributed by atoms with Crippen molar-refractivity contribution in [1.82, 2.24) is 10.6 Å². The van der Waals surface area contributed by atoms with Crippen LogP contribution < -0.4 is 10.6 Å². The predicted molar refractivity (Wildman–Crippen MR) is 106 cm³/mol. The highest BCUT2D eigenvalue weighted by Crippen LogP contribution is 2.14. The number of ether oxygens (including phenoxy) is 1. The zero-order valence-corrected chi connectivity index (χ0v) is 16.7. The zero-order chi connectivity index (χ0) is 18.3. The van der Waals surface area contributed by atoms with Gasteiger partial charge in [-0.2, -0.15) is 0 Å². The van der Waals surface area contributed by atoms with Gasteiger partial charge < -0.3 is 15.4 Å². The molecule has 0 saturated heterocycles. The average Bonchev–Trinajstić information content (AvgIpc) is 3.11. The minimum atomic E-state index is -0.114. The first-order valence-corrected chi connectivity index (χ1v) is 10.1. The highest BCUT2D eigenvalue weighted by atomic mass is 32.1. The van der Waals surface area contributed by atoms with Gasteiger partial charge in [-0.05, 0) is 43.6 Å². The van der Waals surface area contributed by atoms with Gasteiger partial charge in [0.2, 0.25) is 0 Å². The van der Waals surface area contributed by atoms with E-state index in [2.05, 4.69) is 46.7 Å². The number of carbonyl (C=O) groups is 1. The van der Waals surface area contributed by atoms with E-state index in [-0.39, 0.29) is 5.97 Å². The molecule has 1 aromatic rings. The van der Waals surface area contributed by atoms with E-state index in [4.69, 9.17) is 4.99 Å². The van der Waals surface area contributed by atoms with Gasteiger partial charge in [0.1, 0.15) is 0 Å². The molecule has 1 heterocycles. The van der Waals surface area contributed by atoms with Crippen LogP contribution >= 0.6 is 11.3 Å². The monoisotopic (exact) mass is 367 g/mol. The van der Waals surface area contributed by atoms with Gasteiger partial charge in [-0.3, -0.25) is 9.79 Å². The highest BCUT2D eigenvalue weighted by molar-refractivity contribution is 7.09. The number of carbonyl (C=O) groups excluding carboxylic acids is 1. The summed E-state index contributed by atoms with van der Waals surface area (Å²) in [7, 11) is 1.44. The Morgan fingerprint density at radius 2 is 2.08 bits per heavy atom. The molecule has 6 heteroatoms. The van der Waals surface area contributed by atoms with Crippen molar-refractivity contribution in [3.05, 3.63) is 22.4 Å². The van der Waals surface area contributed by atoms with Gasteiger partial charge in [-0.25, -0.2) is 0 Å². The number of methoxy groups -OCH3 is 1. The summed E-state index contributed by atoms with van der Waals surface area (Å²) in [4.78, 5) is 17.2.